The average molecular weight is 395 g/mol. The van der Waals surface area contributed by atoms with Gasteiger partial charge in [-0.15, -0.1) is 0 Å². The fourth-order valence-corrected chi connectivity index (χ4v) is 3.56. The van der Waals surface area contributed by atoms with E-state index in [-0.39, 0.29) is 29.5 Å². The van der Waals surface area contributed by atoms with E-state index in [2.05, 4.69) is 0 Å². The summed E-state index contributed by atoms with van der Waals surface area (Å²) >= 11 is 0. The molecule has 0 heterocycles. The predicted octanol–water partition coefficient (Wildman–Crippen LogP) is 1.63. The van der Waals surface area contributed by atoms with Gasteiger partial charge in [0, 0.05) is 26.7 Å². The molecule has 0 saturated heterocycles. The average Bonchev–Trinajstić information content (AvgIpc) is 2.64. The lowest BCUT2D eigenvalue weighted by Crippen LogP contribution is -2.38. The van der Waals surface area contributed by atoms with Gasteiger partial charge in [-0.1, -0.05) is 6.07 Å². The standard InChI is InChI=1S/C18H25N3O5S/c1-13(2)21(5)27(24,25)16-9-6-8-15(12-16)18(23)26-14(3)17(22)20(4)11-7-10-19/h6,8-9,12-14H,7,11H2,1-5H3/t14-/m0/s1. The third-order valence-corrected chi connectivity index (χ3v) is 6.07. The minimum absolute atomic E-state index is 0.0294. The van der Waals surface area contributed by atoms with Gasteiger partial charge in [0.1, 0.15) is 0 Å². The number of benzene rings is 1. The molecule has 1 aromatic carbocycles. The zero-order chi connectivity index (χ0) is 20.8. The first kappa shape index (κ1) is 22.6. The maximum atomic E-state index is 12.6. The van der Waals surface area contributed by atoms with E-state index in [0.29, 0.717) is 0 Å². The molecule has 0 aromatic heterocycles. The number of nitrogens with zero attached hydrogens (tertiary/aromatic N) is 3. The van der Waals surface area contributed by atoms with Gasteiger partial charge in [-0.05, 0) is 39.0 Å². The molecule has 0 bridgehead atoms. The molecule has 0 spiro atoms. The minimum atomic E-state index is -3.74. The van der Waals surface area contributed by atoms with Crippen LogP contribution in [0.3, 0.4) is 0 Å². The van der Waals surface area contributed by atoms with Crippen LogP contribution in [0.4, 0.5) is 0 Å². The number of amides is 1. The van der Waals surface area contributed by atoms with Crippen molar-refractivity contribution >= 4 is 21.9 Å². The second kappa shape index (κ2) is 9.48. The SMILES string of the molecule is CC(C)N(C)S(=O)(=O)c1cccc(C(=O)O[C@@H](C)C(=O)N(C)CCC#N)c1. The van der Waals surface area contributed by atoms with E-state index in [9.17, 15) is 18.0 Å². The van der Waals surface area contributed by atoms with Crippen molar-refractivity contribution in [2.24, 2.45) is 0 Å². The van der Waals surface area contributed by atoms with Crippen molar-refractivity contribution in [3.63, 3.8) is 0 Å². The van der Waals surface area contributed by atoms with Crippen molar-refractivity contribution < 1.29 is 22.7 Å². The molecule has 1 rings (SSSR count). The van der Waals surface area contributed by atoms with Crippen molar-refractivity contribution in [2.75, 3.05) is 20.6 Å². The Morgan fingerprint density at radius 1 is 1.22 bits per heavy atom. The highest BCUT2D eigenvalue weighted by molar-refractivity contribution is 7.89. The Morgan fingerprint density at radius 2 is 1.85 bits per heavy atom. The van der Waals surface area contributed by atoms with E-state index >= 15 is 0 Å². The number of hydrogen-bond donors (Lipinski definition) is 0. The second-order valence-corrected chi connectivity index (χ2v) is 8.36. The molecule has 0 unspecified atom stereocenters. The number of esters is 1. The molecule has 148 valence electrons. The Hall–Kier alpha value is -2.44. The Balaban J connectivity index is 2.94. The third-order valence-electron chi connectivity index (χ3n) is 4.04. The van der Waals surface area contributed by atoms with E-state index in [1.165, 1.54) is 54.5 Å². The van der Waals surface area contributed by atoms with Crippen LogP contribution in [0.1, 0.15) is 37.6 Å². The van der Waals surface area contributed by atoms with E-state index in [0.717, 1.165) is 0 Å². The molecule has 8 nitrogen and oxygen atoms in total. The van der Waals surface area contributed by atoms with Gasteiger partial charge in [0.05, 0.1) is 22.9 Å². The highest BCUT2D eigenvalue weighted by atomic mass is 32.2. The maximum Gasteiger partial charge on any atom is 0.338 e. The number of sulfonamides is 1. The number of nitriles is 1. The van der Waals surface area contributed by atoms with Crippen LogP contribution < -0.4 is 0 Å². The number of likely N-dealkylation sites (N-methyl/N-ethyl adjacent to an activating group) is 1. The van der Waals surface area contributed by atoms with Crippen LogP contribution in [0, 0.1) is 11.3 Å². The molecule has 0 radical (unpaired) electrons. The number of ether oxygens (including phenoxy) is 1. The summed E-state index contributed by atoms with van der Waals surface area (Å²) < 4.78 is 31.5. The Morgan fingerprint density at radius 3 is 2.41 bits per heavy atom. The summed E-state index contributed by atoms with van der Waals surface area (Å²) in [7, 11) is -0.769. The zero-order valence-electron chi connectivity index (χ0n) is 16.2. The van der Waals surface area contributed by atoms with Crippen molar-refractivity contribution in [1.82, 2.24) is 9.21 Å². The molecule has 0 aliphatic carbocycles. The van der Waals surface area contributed by atoms with Gasteiger partial charge in [0.2, 0.25) is 10.0 Å². The summed E-state index contributed by atoms with van der Waals surface area (Å²) in [4.78, 5) is 25.7. The van der Waals surface area contributed by atoms with Crippen LogP contribution in [0.15, 0.2) is 29.2 Å². The molecule has 1 amide bonds. The van der Waals surface area contributed by atoms with Crippen molar-refractivity contribution in [3.05, 3.63) is 29.8 Å². The smallest absolute Gasteiger partial charge is 0.338 e. The van der Waals surface area contributed by atoms with Gasteiger partial charge >= 0.3 is 5.97 Å². The van der Waals surface area contributed by atoms with Gasteiger partial charge in [0.15, 0.2) is 6.10 Å². The van der Waals surface area contributed by atoms with Crippen LogP contribution in [0.25, 0.3) is 0 Å². The van der Waals surface area contributed by atoms with Crippen molar-refractivity contribution in [2.45, 2.75) is 44.2 Å². The maximum absolute atomic E-state index is 12.6. The van der Waals surface area contributed by atoms with Gasteiger partial charge in [-0.3, -0.25) is 4.79 Å². The first-order chi connectivity index (χ1) is 12.5. The topological polar surface area (TPSA) is 108 Å². The molecule has 1 atom stereocenters. The summed E-state index contributed by atoms with van der Waals surface area (Å²) in [5, 5.41) is 8.57. The zero-order valence-corrected chi connectivity index (χ0v) is 17.0. The molecule has 9 heteroatoms. The number of hydrogen-bond acceptors (Lipinski definition) is 6. The molecule has 1 aromatic rings. The third kappa shape index (κ3) is 5.77. The van der Waals surface area contributed by atoms with Crippen molar-refractivity contribution in [3.8, 4) is 6.07 Å². The van der Waals surface area contributed by atoms with Gasteiger partial charge in [0.25, 0.3) is 5.91 Å². The summed E-state index contributed by atoms with van der Waals surface area (Å²) in [6, 6.07) is 7.19. The minimum Gasteiger partial charge on any atom is -0.449 e. The van der Waals surface area contributed by atoms with Crippen molar-refractivity contribution in [1.29, 1.82) is 5.26 Å². The lowest BCUT2D eigenvalue weighted by Gasteiger charge is -2.22. The monoisotopic (exact) mass is 395 g/mol. The predicted molar refractivity (Wildman–Crippen MR) is 99.3 cm³/mol. The van der Waals surface area contributed by atoms with Gasteiger partial charge < -0.3 is 9.64 Å². The highest BCUT2D eigenvalue weighted by Crippen LogP contribution is 2.18. The molecule has 27 heavy (non-hydrogen) atoms. The molecular weight excluding hydrogens is 370 g/mol. The van der Waals surface area contributed by atoms with Crippen LogP contribution in [0.5, 0.6) is 0 Å². The van der Waals surface area contributed by atoms with Crippen LogP contribution >= 0.6 is 0 Å². The Labute approximate surface area is 160 Å². The lowest BCUT2D eigenvalue weighted by atomic mass is 10.2. The first-order valence-electron chi connectivity index (χ1n) is 8.43. The molecule has 0 fully saturated rings. The summed E-state index contributed by atoms with van der Waals surface area (Å²) in [5.41, 5.74) is 0.0348. The Bertz CT molecular complexity index is 830. The van der Waals surface area contributed by atoms with Crippen LogP contribution in [0.2, 0.25) is 0 Å². The second-order valence-electron chi connectivity index (χ2n) is 6.36. The molecule has 0 aliphatic heterocycles. The fraction of sp³-hybridized carbons (Fsp3) is 0.500. The number of rotatable bonds is 8. The van der Waals surface area contributed by atoms with Crippen LogP contribution in [-0.2, 0) is 19.6 Å². The Kier molecular flexibility index (Phi) is 7.94. The molecule has 0 saturated carbocycles. The molecular formula is C18H25N3O5S. The number of carbonyl (C=O) groups excluding carboxylic acids is 2. The van der Waals surface area contributed by atoms with E-state index in [4.69, 9.17) is 10.00 Å². The van der Waals surface area contributed by atoms with E-state index in [1.807, 2.05) is 6.07 Å². The van der Waals surface area contributed by atoms with E-state index in [1.54, 1.807) is 13.8 Å². The van der Waals surface area contributed by atoms with Gasteiger partial charge in [-0.2, -0.15) is 9.57 Å². The lowest BCUT2D eigenvalue weighted by molar-refractivity contribution is -0.138. The van der Waals surface area contributed by atoms with Gasteiger partial charge in [-0.25, -0.2) is 13.2 Å². The summed E-state index contributed by atoms with van der Waals surface area (Å²) in [5.74, 6) is -1.24. The fourth-order valence-electron chi connectivity index (χ4n) is 2.14. The first-order valence-corrected chi connectivity index (χ1v) is 9.87. The van der Waals surface area contributed by atoms with Crippen LogP contribution in [-0.4, -0.2) is 62.3 Å². The number of carbonyl (C=O) groups is 2. The van der Waals surface area contributed by atoms with E-state index < -0.39 is 28.0 Å². The quantitative estimate of drug-likeness (QED) is 0.619. The molecule has 0 N–H and O–H groups in total. The largest absolute Gasteiger partial charge is 0.449 e. The summed E-state index contributed by atoms with van der Waals surface area (Å²) in [6.45, 7) is 5.14. The molecule has 0 aliphatic rings. The normalized spacial score (nSPS) is 12.5. The highest BCUT2D eigenvalue weighted by Gasteiger charge is 2.26. The summed E-state index contributed by atoms with van der Waals surface area (Å²) in [6.07, 6.45) is -0.883.